The number of rotatable bonds is 1. The van der Waals surface area contributed by atoms with E-state index in [-0.39, 0.29) is 0 Å². The highest BCUT2D eigenvalue weighted by atomic mass is 15.3. The fraction of sp³-hybridized carbons (Fsp3) is 0.286. The van der Waals surface area contributed by atoms with Crippen LogP contribution in [0.25, 0.3) is 11.5 Å². The van der Waals surface area contributed by atoms with Gasteiger partial charge >= 0.3 is 0 Å². The number of aromatic nitrogens is 5. The van der Waals surface area contributed by atoms with Gasteiger partial charge in [-0.25, -0.2) is 4.98 Å². The van der Waals surface area contributed by atoms with Crippen molar-refractivity contribution in [2.24, 2.45) is 7.05 Å². The number of aromatic amines is 1. The molecule has 0 spiro atoms. The summed E-state index contributed by atoms with van der Waals surface area (Å²) in [4.78, 5) is 4.15. The Bertz CT molecular complexity index is 348. The fourth-order valence-electron chi connectivity index (χ4n) is 0.992. The van der Waals surface area contributed by atoms with Crippen LogP contribution in [0.4, 0.5) is 0 Å². The van der Waals surface area contributed by atoms with Gasteiger partial charge in [0.15, 0.2) is 0 Å². The van der Waals surface area contributed by atoms with Crippen LogP contribution in [0.3, 0.4) is 0 Å². The third kappa shape index (κ3) is 1.09. The average Bonchev–Trinajstić information content (AvgIpc) is 2.58. The summed E-state index contributed by atoms with van der Waals surface area (Å²) < 4.78 is 1.72. The topological polar surface area (TPSA) is 59.4 Å². The minimum Gasteiger partial charge on any atom is -0.275 e. The van der Waals surface area contributed by atoms with Gasteiger partial charge < -0.3 is 0 Å². The van der Waals surface area contributed by atoms with Crippen molar-refractivity contribution in [3.05, 3.63) is 18.1 Å². The molecular formula is C7H9N5. The Morgan fingerprint density at radius 1 is 1.50 bits per heavy atom. The standard InChI is InChI=1S/C7H9N5/c1-5-8-7(10-9-5)6-3-4-12(2)11-6/h3-4H,1-2H3,(H,8,9,10). The first-order valence-electron chi connectivity index (χ1n) is 3.65. The second-order valence-corrected chi connectivity index (χ2v) is 2.62. The summed E-state index contributed by atoms with van der Waals surface area (Å²) in [6, 6.07) is 1.88. The molecule has 0 fully saturated rings. The molecule has 0 atom stereocenters. The second-order valence-electron chi connectivity index (χ2n) is 2.62. The molecule has 0 aromatic carbocycles. The van der Waals surface area contributed by atoms with Crippen LogP contribution in [0.5, 0.6) is 0 Å². The van der Waals surface area contributed by atoms with E-state index >= 15 is 0 Å². The van der Waals surface area contributed by atoms with E-state index in [1.54, 1.807) is 4.68 Å². The minimum atomic E-state index is 0.646. The summed E-state index contributed by atoms with van der Waals surface area (Å²) in [6.07, 6.45) is 1.86. The molecule has 0 saturated carbocycles. The number of H-pyrrole nitrogens is 1. The molecule has 2 aromatic heterocycles. The maximum atomic E-state index is 4.17. The molecule has 0 bridgehead atoms. The zero-order chi connectivity index (χ0) is 8.55. The van der Waals surface area contributed by atoms with E-state index in [2.05, 4.69) is 20.3 Å². The molecule has 0 aliphatic rings. The Morgan fingerprint density at radius 3 is 2.83 bits per heavy atom. The summed E-state index contributed by atoms with van der Waals surface area (Å²) in [7, 11) is 1.86. The quantitative estimate of drug-likeness (QED) is 0.666. The average molecular weight is 163 g/mol. The van der Waals surface area contributed by atoms with Crippen LogP contribution in [0.15, 0.2) is 12.3 Å². The van der Waals surface area contributed by atoms with Crippen LogP contribution in [0.1, 0.15) is 5.82 Å². The van der Waals surface area contributed by atoms with E-state index in [0.717, 1.165) is 11.5 Å². The number of nitrogens with one attached hydrogen (secondary N) is 1. The van der Waals surface area contributed by atoms with Gasteiger partial charge in [0.25, 0.3) is 0 Å². The van der Waals surface area contributed by atoms with Crippen molar-refractivity contribution >= 4 is 0 Å². The van der Waals surface area contributed by atoms with E-state index in [1.165, 1.54) is 0 Å². The van der Waals surface area contributed by atoms with Crippen LogP contribution >= 0.6 is 0 Å². The van der Waals surface area contributed by atoms with Crippen molar-refractivity contribution in [3.63, 3.8) is 0 Å². The Morgan fingerprint density at radius 2 is 2.33 bits per heavy atom. The van der Waals surface area contributed by atoms with Crippen LogP contribution in [0.2, 0.25) is 0 Å². The highest BCUT2D eigenvalue weighted by molar-refractivity contribution is 5.46. The minimum absolute atomic E-state index is 0.646. The molecule has 0 amide bonds. The van der Waals surface area contributed by atoms with E-state index < -0.39 is 0 Å². The van der Waals surface area contributed by atoms with Gasteiger partial charge in [0.2, 0.25) is 5.82 Å². The predicted molar refractivity (Wildman–Crippen MR) is 43.3 cm³/mol. The molecule has 62 valence electrons. The molecule has 0 saturated heterocycles. The monoisotopic (exact) mass is 163 g/mol. The molecular weight excluding hydrogens is 154 g/mol. The number of aryl methyl sites for hydroxylation is 2. The molecule has 0 unspecified atom stereocenters. The van der Waals surface area contributed by atoms with Crippen molar-refractivity contribution in [1.29, 1.82) is 0 Å². The predicted octanol–water partition coefficient (Wildman–Crippen LogP) is 0.514. The van der Waals surface area contributed by atoms with E-state index in [4.69, 9.17) is 0 Å². The normalized spacial score (nSPS) is 10.5. The third-order valence-corrected chi connectivity index (χ3v) is 1.54. The van der Waals surface area contributed by atoms with Gasteiger partial charge in [0.05, 0.1) is 0 Å². The van der Waals surface area contributed by atoms with E-state index in [0.29, 0.717) is 5.82 Å². The Labute approximate surface area is 69.4 Å². The molecule has 1 N–H and O–H groups in total. The van der Waals surface area contributed by atoms with Crippen LogP contribution in [-0.2, 0) is 7.05 Å². The molecule has 2 rings (SSSR count). The van der Waals surface area contributed by atoms with Crippen molar-refractivity contribution in [2.45, 2.75) is 6.92 Å². The highest BCUT2D eigenvalue weighted by Crippen LogP contribution is 2.09. The van der Waals surface area contributed by atoms with Crippen molar-refractivity contribution in [2.75, 3.05) is 0 Å². The summed E-state index contributed by atoms with van der Waals surface area (Å²) in [5.74, 6) is 1.45. The number of hydrogen-bond acceptors (Lipinski definition) is 3. The molecule has 0 radical (unpaired) electrons. The molecule has 5 nitrogen and oxygen atoms in total. The van der Waals surface area contributed by atoms with E-state index in [1.807, 2.05) is 26.2 Å². The van der Waals surface area contributed by atoms with E-state index in [9.17, 15) is 0 Å². The first-order valence-corrected chi connectivity index (χ1v) is 3.65. The first kappa shape index (κ1) is 7.02. The lowest BCUT2D eigenvalue weighted by Gasteiger charge is -1.85. The highest BCUT2D eigenvalue weighted by Gasteiger charge is 2.05. The SMILES string of the molecule is Cc1nc(-c2ccn(C)n2)n[nH]1. The van der Waals surface area contributed by atoms with Gasteiger partial charge in [0, 0.05) is 13.2 Å². The van der Waals surface area contributed by atoms with Crippen molar-refractivity contribution in [3.8, 4) is 11.5 Å². The maximum Gasteiger partial charge on any atom is 0.201 e. The summed E-state index contributed by atoms with van der Waals surface area (Å²) in [6.45, 7) is 1.86. The summed E-state index contributed by atoms with van der Waals surface area (Å²) >= 11 is 0. The van der Waals surface area contributed by atoms with Crippen LogP contribution < -0.4 is 0 Å². The van der Waals surface area contributed by atoms with Gasteiger partial charge in [-0.15, -0.1) is 0 Å². The van der Waals surface area contributed by atoms with Gasteiger partial charge in [0.1, 0.15) is 11.5 Å². The zero-order valence-corrected chi connectivity index (χ0v) is 6.94. The van der Waals surface area contributed by atoms with Crippen LogP contribution in [-0.4, -0.2) is 25.0 Å². The molecule has 12 heavy (non-hydrogen) atoms. The van der Waals surface area contributed by atoms with Crippen molar-refractivity contribution < 1.29 is 0 Å². The van der Waals surface area contributed by atoms with Crippen LogP contribution in [0, 0.1) is 6.92 Å². The molecule has 0 aliphatic heterocycles. The lowest BCUT2D eigenvalue weighted by molar-refractivity contribution is 0.769. The van der Waals surface area contributed by atoms with Gasteiger partial charge in [-0.05, 0) is 13.0 Å². The lowest BCUT2D eigenvalue weighted by atomic mass is 10.4. The van der Waals surface area contributed by atoms with Gasteiger partial charge in [-0.2, -0.15) is 10.2 Å². The first-order chi connectivity index (χ1) is 5.75. The lowest BCUT2D eigenvalue weighted by Crippen LogP contribution is -1.88. The number of nitrogens with zero attached hydrogens (tertiary/aromatic N) is 4. The molecule has 2 heterocycles. The van der Waals surface area contributed by atoms with Gasteiger partial charge in [-0.1, -0.05) is 0 Å². The molecule has 0 aliphatic carbocycles. The third-order valence-electron chi connectivity index (χ3n) is 1.54. The Balaban J connectivity index is 2.43. The zero-order valence-electron chi connectivity index (χ0n) is 6.94. The summed E-state index contributed by atoms with van der Waals surface area (Å²) in [5.41, 5.74) is 0.793. The van der Waals surface area contributed by atoms with Crippen molar-refractivity contribution in [1.82, 2.24) is 25.0 Å². The number of hydrogen-bond donors (Lipinski definition) is 1. The smallest absolute Gasteiger partial charge is 0.201 e. The molecule has 5 heteroatoms. The summed E-state index contributed by atoms with van der Waals surface area (Å²) in [5, 5.41) is 10.9. The van der Waals surface area contributed by atoms with Gasteiger partial charge in [-0.3, -0.25) is 9.78 Å². The second kappa shape index (κ2) is 2.44. The fourth-order valence-corrected chi connectivity index (χ4v) is 0.992. The molecule has 2 aromatic rings. The Hall–Kier alpha value is -1.65. The Kier molecular flexibility index (Phi) is 1.43. The largest absolute Gasteiger partial charge is 0.275 e. The maximum absolute atomic E-state index is 4.17.